The first-order valence-corrected chi connectivity index (χ1v) is 7.38. The topological polar surface area (TPSA) is 43.8 Å². The Hall–Kier alpha value is -1.61. The maximum atomic E-state index is 6.36. The largest absolute Gasteiger partial charge is 0.324 e. The van der Waals surface area contributed by atoms with Crippen molar-refractivity contribution in [2.75, 3.05) is 0 Å². The molecule has 2 rings (SSSR count). The lowest BCUT2D eigenvalue weighted by molar-refractivity contribution is 0.711. The second-order valence-electron chi connectivity index (χ2n) is 5.77. The Morgan fingerprint density at radius 2 is 1.85 bits per heavy atom. The normalized spacial score (nSPS) is 12.9. The number of aryl methyl sites for hydroxylation is 2. The van der Waals surface area contributed by atoms with E-state index in [0.717, 1.165) is 18.5 Å². The number of rotatable bonds is 5. The lowest BCUT2D eigenvalue weighted by atomic mass is 9.96. The summed E-state index contributed by atoms with van der Waals surface area (Å²) in [6.07, 6.45) is 3.83. The Balaban J connectivity index is 2.12. The molecule has 3 heteroatoms. The van der Waals surface area contributed by atoms with Crippen molar-refractivity contribution < 1.29 is 0 Å². The highest BCUT2D eigenvalue weighted by molar-refractivity contribution is 5.28. The zero-order valence-corrected chi connectivity index (χ0v) is 12.9. The van der Waals surface area contributed by atoms with Crippen LogP contribution in [0.5, 0.6) is 0 Å². The van der Waals surface area contributed by atoms with Crippen LogP contribution in [0.25, 0.3) is 0 Å². The average molecular weight is 271 g/mol. The molecule has 1 heterocycles. The summed E-state index contributed by atoms with van der Waals surface area (Å²) >= 11 is 0. The van der Waals surface area contributed by atoms with Crippen molar-refractivity contribution in [3.05, 3.63) is 52.8 Å². The van der Waals surface area contributed by atoms with Crippen molar-refractivity contribution in [1.82, 2.24) is 9.78 Å². The summed E-state index contributed by atoms with van der Waals surface area (Å²) in [6, 6.07) is 8.81. The fourth-order valence-corrected chi connectivity index (χ4v) is 2.54. The van der Waals surface area contributed by atoms with Gasteiger partial charge in [-0.2, -0.15) is 5.10 Å². The summed E-state index contributed by atoms with van der Waals surface area (Å²) in [5, 5.41) is 4.47. The van der Waals surface area contributed by atoms with E-state index in [1.807, 2.05) is 17.9 Å². The van der Waals surface area contributed by atoms with E-state index in [1.165, 1.54) is 16.7 Å². The molecule has 0 saturated heterocycles. The molecule has 1 aromatic carbocycles. The van der Waals surface area contributed by atoms with Crippen LogP contribution in [0.4, 0.5) is 0 Å². The lowest BCUT2D eigenvalue weighted by Crippen LogP contribution is -2.14. The SMILES string of the molecule is CCc1nn(C)cc1C(N)Cc1ccc(C(C)C)cc1. The van der Waals surface area contributed by atoms with Gasteiger partial charge in [-0.1, -0.05) is 45.0 Å². The quantitative estimate of drug-likeness (QED) is 0.906. The van der Waals surface area contributed by atoms with Gasteiger partial charge in [-0.05, 0) is 29.9 Å². The van der Waals surface area contributed by atoms with Crippen LogP contribution >= 0.6 is 0 Å². The van der Waals surface area contributed by atoms with E-state index in [-0.39, 0.29) is 6.04 Å². The van der Waals surface area contributed by atoms with Crippen LogP contribution in [0.3, 0.4) is 0 Å². The van der Waals surface area contributed by atoms with Gasteiger partial charge < -0.3 is 5.73 Å². The molecule has 0 spiro atoms. The molecule has 0 aliphatic heterocycles. The van der Waals surface area contributed by atoms with Gasteiger partial charge in [0.1, 0.15) is 0 Å². The molecule has 20 heavy (non-hydrogen) atoms. The summed E-state index contributed by atoms with van der Waals surface area (Å²) in [5.41, 5.74) is 11.3. The standard InChI is InChI=1S/C17H25N3/c1-5-17-15(11-20(4)19-17)16(18)10-13-6-8-14(9-7-13)12(2)3/h6-9,11-12,16H,5,10,18H2,1-4H3. The number of hydrogen-bond acceptors (Lipinski definition) is 2. The van der Waals surface area contributed by atoms with E-state index in [1.54, 1.807) is 0 Å². The smallest absolute Gasteiger partial charge is 0.0669 e. The maximum Gasteiger partial charge on any atom is 0.0669 e. The van der Waals surface area contributed by atoms with Gasteiger partial charge in [0, 0.05) is 24.8 Å². The summed E-state index contributed by atoms with van der Waals surface area (Å²) in [4.78, 5) is 0. The molecule has 0 saturated carbocycles. The third-order valence-corrected chi connectivity index (χ3v) is 3.77. The third kappa shape index (κ3) is 3.28. The van der Waals surface area contributed by atoms with Crippen LogP contribution in [0.2, 0.25) is 0 Å². The van der Waals surface area contributed by atoms with Crippen LogP contribution in [0.15, 0.2) is 30.5 Å². The fourth-order valence-electron chi connectivity index (χ4n) is 2.54. The number of aromatic nitrogens is 2. The molecule has 0 fully saturated rings. The van der Waals surface area contributed by atoms with Gasteiger partial charge in [0.05, 0.1) is 5.69 Å². The Bertz CT molecular complexity index is 552. The van der Waals surface area contributed by atoms with Crippen molar-refractivity contribution in [2.24, 2.45) is 12.8 Å². The van der Waals surface area contributed by atoms with Crippen LogP contribution in [0.1, 0.15) is 55.1 Å². The highest BCUT2D eigenvalue weighted by Crippen LogP contribution is 2.21. The molecule has 1 unspecified atom stereocenters. The van der Waals surface area contributed by atoms with Crippen molar-refractivity contribution in [3.8, 4) is 0 Å². The van der Waals surface area contributed by atoms with Gasteiger partial charge in [-0.3, -0.25) is 4.68 Å². The second kappa shape index (κ2) is 6.23. The summed E-state index contributed by atoms with van der Waals surface area (Å²) in [5.74, 6) is 0.572. The molecule has 2 aromatic rings. The highest BCUT2D eigenvalue weighted by atomic mass is 15.3. The predicted molar refractivity (Wildman–Crippen MR) is 83.7 cm³/mol. The number of benzene rings is 1. The average Bonchev–Trinajstić information content (AvgIpc) is 2.80. The first-order chi connectivity index (χ1) is 9.51. The molecule has 108 valence electrons. The number of nitrogens with two attached hydrogens (primary N) is 1. The van der Waals surface area contributed by atoms with Gasteiger partial charge in [0.15, 0.2) is 0 Å². The van der Waals surface area contributed by atoms with Gasteiger partial charge >= 0.3 is 0 Å². The van der Waals surface area contributed by atoms with Gasteiger partial charge in [0.25, 0.3) is 0 Å². The van der Waals surface area contributed by atoms with Gasteiger partial charge in [-0.25, -0.2) is 0 Å². The molecule has 3 nitrogen and oxygen atoms in total. The monoisotopic (exact) mass is 271 g/mol. The first-order valence-electron chi connectivity index (χ1n) is 7.38. The molecule has 2 N–H and O–H groups in total. The van der Waals surface area contributed by atoms with E-state index < -0.39 is 0 Å². The van der Waals surface area contributed by atoms with Crippen LogP contribution in [-0.4, -0.2) is 9.78 Å². The zero-order chi connectivity index (χ0) is 14.7. The van der Waals surface area contributed by atoms with E-state index in [0.29, 0.717) is 5.92 Å². The second-order valence-corrected chi connectivity index (χ2v) is 5.77. The van der Waals surface area contributed by atoms with Crippen LogP contribution in [0, 0.1) is 0 Å². The first kappa shape index (κ1) is 14.8. The van der Waals surface area contributed by atoms with Crippen molar-refractivity contribution in [1.29, 1.82) is 0 Å². The Labute approximate surface area is 121 Å². The molecule has 0 bridgehead atoms. The van der Waals surface area contributed by atoms with Crippen LogP contribution in [-0.2, 0) is 19.9 Å². The highest BCUT2D eigenvalue weighted by Gasteiger charge is 2.14. The molecule has 1 atom stereocenters. The maximum absolute atomic E-state index is 6.36. The minimum absolute atomic E-state index is 0.0172. The third-order valence-electron chi connectivity index (χ3n) is 3.77. The van der Waals surface area contributed by atoms with Crippen molar-refractivity contribution >= 4 is 0 Å². The molecular formula is C17H25N3. The molecule has 0 aliphatic carbocycles. The van der Waals surface area contributed by atoms with E-state index in [9.17, 15) is 0 Å². The molecular weight excluding hydrogens is 246 g/mol. The number of hydrogen-bond donors (Lipinski definition) is 1. The summed E-state index contributed by atoms with van der Waals surface area (Å²) < 4.78 is 1.86. The van der Waals surface area contributed by atoms with Gasteiger partial charge in [-0.15, -0.1) is 0 Å². The lowest BCUT2D eigenvalue weighted by Gasteiger charge is -2.12. The zero-order valence-electron chi connectivity index (χ0n) is 12.9. The predicted octanol–water partition coefficient (Wildman–Crippen LogP) is 3.35. The minimum atomic E-state index is 0.0172. The Kier molecular flexibility index (Phi) is 4.61. The van der Waals surface area contributed by atoms with Crippen molar-refractivity contribution in [3.63, 3.8) is 0 Å². The van der Waals surface area contributed by atoms with E-state index in [2.05, 4.69) is 50.1 Å². The number of nitrogens with zero attached hydrogens (tertiary/aromatic N) is 2. The fraction of sp³-hybridized carbons (Fsp3) is 0.471. The van der Waals surface area contributed by atoms with Crippen LogP contribution < -0.4 is 5.73 Å². The minimum Gasteiger partial charge on any atom is -0.324 e. The van der Waals surface area contributed by atoms with E-state index in [4.69, 9.17) is 5.73 Å². The van der Waals surface area contributed by atoms with Gasteiger partial charge in [0.2, 0.25) is 0 Å². The molecule has 0 radical (unpaired) electrons. The summed E-state index contributed by atoms with van der Waals surface area (Å²) in [6.45, 7) is 6.55. The Morgan fingerprint density at radius 3 is 2.40 bits per heavy atom. The van der Waals surface area contributed by atoms with Crippen molar-refractivity contribution in [2.45, 2.75) is 45.6 Å². The molecule has 1 aromatic heterocycles. The van der Waals surface area contributed by atoms with E-state index >= 15 is 0 Å². The molecule has 0 amide bonds. The Morgan fingerprint density at radius 1 is 1.20 bits per heavy atom. The summed E-state index contributed by atoms with van der Waals surface area (Å²) in [7, 11) is 1.95. The molecule has 0 aliphatic rings.